The van der Waals surface area contributed by atoms with Crippen molar-refractivity contribution in [1.82, 2.24) is 15.2 Å². The molecule has 1 unspecified atom stereocenters. The molecular weight excluding hydrogens is 401 g/mol. The molecule has 2 fully saturated rings. The number of piperidine rings is 1. The molecule has 0 bridgehead atoms. The predicted octanol–water partition coefficient (Wildman–Crippen LogP) is 3.02. The molecule has 1 N–H and O–H groups in total. The fourth-order valence-corrected chi connectivity index (χ4v) is 3.53. The van der Waals surface area contributed by atoms with Gasteiger partial charge in [-0.05, 0) is 31.0 Å². The van der Waals surface area contributed by atoms with Crippen molar-refractivity contribution in [1.29, 1.82) is 0 Å². The first-order valence-electron chi connectivity index (χ1n) is 8.38. The first-order valence-corrected chi connectivity index (χ1v) is 8.75. The minimum absolute atomic E-state index is 0. The summed E-state index contributed by atoms with van der Waals surface area (Å²) < 4.78 is 11.4. The number of morpholine rings is 1. The second kappa shape index (κ2) is 9.24. The molecule has 3 heterocycles. The van der Waals surface area contributed by atoms with E-state index >= 15 is 0 Å². The van der Waals surface area contributed by atoms with Gasteiger partial charge in [-0.15, -0.1) is 24.8 Å². The molecule has 1 aromatic heterocycles. The number of benzene rings is 1. The Kier molecular flexibility index (Phi) is 7.55. The van der Waals surface area contributed by atoms with Crippen LogP contribution in [-0.4, -0.2) is 54.7 Å². The molecule has 0 saturated carbocycles. The Morgan fingerprint density at radius 1 is 1.27 bits per heavy atom. The van der Waals surface area contributed by atoms with Crippen LogP contribution in [0.4, 0.5) is 0 Å². The first-order chi connectivity index (χ1) is 11.7. The van der Waals surface area contributed by atoms with E-state index in [1.165, 1.54) is 0 Å². The largest absolute Gasteiger partial charge is 0.440 e. The van der Waals surface area contributed by atoms with Gasteiger partial charge in [-0.2, -0.15) is 0 Å². The molecule has 6 nitrogen and oxygen atoms in total. The van der Waals surface area contributed by atoms with Crippen molar-refractivity contribution in [2.24, 2.45) is 0 Å². The van der Waals surface area contributed by atoms with E-state index in [-0.39, 0.29) is 42.7 Å². The molecule has 9 heteroatoms. The zero-order valence-electron chi connectivity index (χ0n) is 14.2. The zero-order valence-corrected chi connectivity index (χ0v) is 16.5. The minimum Gasteiger partial charge on any atom is -0.440 e. The molecule has 2 saturated heterocycles. The summed E-state index contributed by atoms with van der Waals surface area (Å²) in [5.74, 6) is 1.07. The lowest BCUT2D eigenvalue weighted by molar-refractivity contribution is -0.146. The zero-order chi connectivity index (χ0) is 16.5. The van der Waals surface area contributed by atoms with Crippen LogP contribution in [0, 0.1) is 0 Å². The van der Waals surface area contributed by atoms with Gasteiger partial charge < -0.3 is 19.4 Å². The van der Waals surface area contributed by atoms with Crippen molar-refractivity contribution in [2.45, 2.75) is 24.9 Å². The third-order valence-electron chi connectivity index (χ3n) is 4.73. The van der Waals surface area contributed by atoms with Gasteiger partial charge in [-0.25, -0.2) is 4.98 Å². The molecule has 0 aliphatic carbocycles. The topological polar surface area (TPSA) is 67.6 Å². The molecular formula is C17H22Cl3N3O3. The third kappa shape index (κ3) is 4.43. The maximum atomic E-state index is 12.5. The van der Waals surface area contributed by atoms with Gasteiger partial charge in [-0.3, -0.25) is 4.79 Å². The number of nitrogens with one attached hydrogen (secondary N) is 1. The van der Waals surface area contributed by atoms with Crippen molar-refractivity contribution in [2.75, 3.05) is 32.8 Å². The minimum atomic E-state index is -0.346. The third-order valence-corrected chi connectivity index (χ3v) is 4.96. The van der Waals surface area contributed by atoms with E-state index in [0.29, 0.717) is 31.3 Å². The molecule has 2 aliphatic heterocycles. The van der Waals surface area contributed by atoms with Crippen molar-refractivity contribution < 1.29 is 13.9 Å². The van der Waals surface area contributed by atoms with Crippen molar-refractivity contribution in [3.8, 4) is 0 Å². The molecule has 0 spiro atoms. The average Bonchev–Trinajstić information content (AvgIpc) is 3.05. The highest BCUT2D eigenvalue weighted by Crippen LogP contribution is 2.31. The van der Waals surface area contributed by atoms with Crippen LogP contribution >= 0.6 is 36.4 Å². The highest BCUT2D eigenvalue weighted by atomic mass is 35.5. The summed E-state index contributed by atoms with van der Waals surface area (Å²) in [6.45, 7) is 3.43. The highest BCUT2D eigenvalue weighted by molar-refractivity contribution is 6.31. The van der Waals surface area contributed by atoms with Gasteiger partial charge in [-0.1, -0.05) is 11.6 Å². The second-order valence-electron chi connectivity index (χ2n) is 6.33. The first kappa shape index (κ1) is 21.3. The number of likely N-dealkylation sites (tertiary alicyclic amines) is 1. The number of fused-ring (bicyclic) bond motifs is 1. The second-order valence-corrected chi connectivity index (χ2v) is 6.76. The van der Waals surface area contributed by atoms with Crippen LogP contribution in [0.25, 0.3) is 11.1 Å². The number of rotatable bonds is 2. The van der Waals surface area contributed by atoms with Gasteiger partial charge in [0, 0.05) is 37.1 Å². The van der Waals surface area contributed by atoms with Crippen LogP contribution in [0.5, 0.6) is 0 Å². The van der Waals surface area contributed by atoms with E-state index in [1.54, 1.807) is 6.07 Å². The van der Waals surface area contributed by atoms with E-state index in [4.69, 9.17) is 20.8 Å². The summed E-state index contributed by atoms with van der Waals surface area (Å²) in [5, 5.41) is 3.86. The number of halogens is 3. The number of hydrogen-bond donors (Lipinski definition) is 1. The molecule has 26 heavy (non-hydrogen) atoms. The average molecular weight is 423 g/mol. The standard InChI is InChI=1S/C17H20ClN3O3.2ClH/c18-12-1-2-14-13(9-12)20-16(24-14)11-3-6-21(7-4-11)17(22)15-10-19-5-8-23-15;;/h1-2,9,11,15,19H,3-8,10H2;2*1H. The smallest absolute Gasteiger partial charge is 0.253 e. The Morgan fingerprint density at radius 2 is 2.04 bits per heavy atom. The summed E-state index contributed by atoms with van der Waals surface area (Å²) in [6, 6.07) is 5.47. The fraction of sp³-hybridized carbons (Fsp3) is 0.529. The Hall–Kier alpha value is -1.05. The van der Waals surface area contributed by atoms with E-state index in [0.717, 1.165) is 36.4 Å². The predicted molar refractivity (Wildman–Crippen MR) is 105 cm³/mol. The number of aromatic nitrogens is 1. The van der Waals surface area contributed by atoms with E-state index in [9.17, 15) is 4.79 Å². The number of amides is 1. The molecule has 4 rings (SSSR count). The quantitative estimate of drug-likeness (QED) is 0.806. The SMILES string of the molecule is Cl.Cl.O=C(C1CNCCO1)N1CCC(c2nc3cc(Cl)ccc3o2)CC1. The number of carbonyl (C=O) groups excluding carboxylic acids is 1. The molecule has 2 aromatic rings. The monoisotopic (exact) mass is 421 g/mol. The number of carbonyl (C=O) groups is 1. The molecule has 1 amide bonds. The van der Waals surface area contributed by atoms with Crippen LogP contribution < -0.4 is 5.32 Å². The van der Waals surface area contributed by atoms with Crippen LogP contribution in [0.2, 0.25) is 5.02 Å². The number of nitrogens with zero attached hydrogens (tertiary/aromatic N) is 2. The van der Waals surface area contributed by atoms with Gasteiger partial charge in [0.15, 0.2) is 11.5 Å². The summed E-state index contributed by atoms with van der Waals surface area (Å²) in [6.07, 6.45) is 1.36. The summed E-state index contributed by atoms with van der Waals surface area (Å²) in [4.78, 5) is 18.9. The van der Waals surface area contributed by atoms with Crippen LogP contribution in [0.1, 0.15) is 24.7 Å². The van der Waals surface area contributed by atoms with Crippen LogP contribution in [-0.2, 0) is 9.53 Å². The van der Waals surface area contributed by atoms with Crippen molar-refractivity contribution in [3.63, 3.8) is 0 Å². The molecule has 144 valence electrons. The number of ether oxygens (including phenoxy) is 1. The van der Waals surface area contributed by atoms with Gasteiger partial charge in [0.25, 0.3) is 5.91 Å². The van der Waals surface area contributed by atoms with Crippen molar-refractivity contribution in [3.05, 3.63) is 29.1 Å². The van der Waals surface area contributed by atoms with Gasteiger partial charge >= 0.3 is 0 Å². The Morgan fingerprint density at radius 3 is 2.73 bits per heavy atom. The number of hydrogen-bond acceptors (Lipinski definition) is 5. The molecule has 1 atom stereocenters. The van der Waals surface area contributed by atoms with E-state index < -0.39 is 0 Å². The Labute approximate surface area is 169 Å². The van der Waals surface area contributed by atoms with Crippen LogP contribution in [0.15, 0.2) is 22.6 Å². The van der Waals surface area contributed by atoms with Gasteiger partial charge in [0.2, 0.25) is 0 Å². The maximum Gasteiger partial charge on any atom is 0.253 e. The van der Waals surface area contributed by atoms with Gasteiger partial charge in [0.1, 0.15) is 11.6 Å². The molecule has 2 aliphatic rings. The number of oxazole rings is 1. The van der Waals surface area contributed by atoms with E-state index in [2.05, 4.69) is 10.3 Å². The molecule has 1 aromatic carbocycles. The fourth-order valence-electron chi connectivity index (χ4n) is 3.37. The van der Waals surface area contributed by atoms with Crippen LogP contribution in [0.3, 0.4) is 0 Å². The van der Waals surface area contributed by atoms with Crippen molar-refractivity contribution >= 4 is 53.4 Å². The summed E-state index contributed by atoms with van der Waals surface area (Å²) in [7, 11) is 0. The normalized spacial score (nSPS) is 21.1. The maximum absolute atomic E-state index is 12.5. The van der Waals surface area contributed by atoms with Gasteiger partial charge in [0.05, 0.1) is 6.61 Å². The lowest BCUT2D eigenvalue weighted by Gasteiger charge is -2.34. The lowest BCUT2D eigenvalue weighted by atomic mass is 9.96. The van der Waals surface area contributed by atoms with E-state index in [1.807, 2.05) is 17.0 Å². The molecule has 0 radical (unpaired) electrons. The summed E-state index contributed by atoms with van der Waals surface area (Å²) >= 11 is 6.00. The lowest BCUT2D eigenvalue weighted by Crippen LogP contribution is -2.51. The Balaban J connectivity index is 0.00000121. The summed E-state index contributed by atoms with van der Waals surface area (Å²) in [5.41, 5.74) is 1.55. The Bertz CT molecular complexity index is 741. The highest BCUT2D eigenvalue weighted by Gasteiger charge is 2.31.